The molecule has 2 aromatic rings. The number of ketones is 1. The summed E-state index contributed by atoms with van der Waals surface area (Å²) in [5.41, 5.74) is 2.14. The molecule has 1 nitrogen and oxygen atoms in total. The van der Waals surface area contributed by atoms with Crippen molar-refractivity contribution in [1.29, 1.82) is 0 Å². The Morgan fingerprint density at radius 2 is 2.06 bits per heavy atom. The summed E-state index contributed by atoms with van der Waals surface area (Å²) in [6, 6.07) is 9.87. The first-order chi connectivity index (χ1) is 8.61. The lowest BCUT2D eigenvalue weighted by atomic mass is 10.1. The zero-order chi connectivity index (χ0) is 13.1. The number of carbonyl (C=O) groups excluding carboxylic acids is 1. The van der Waals surface area contributed by atoms with Crippen molar-refractivity contribution >= 4 is 28.7 Å². The van der Waals surface area contributed by atoms with Gasteiger partial charge in [-0.15, -0.1) is 11.3 Å². The van der Waals surface area contributed by atoms with Crippen LogP contribution in [0.15, 0.2) is 30.3 Å². The van der Waals surface area contributed by atoms with E-state index in [9.17, 15) is 4.79 Å². The van der Waals surface area contributed by atoms with Crippen molar-refractivity contribution in [2.45, 2.75) is 26.7 Å². The van der Waals surface area contributed by atoms with Gasteiger partial charge in [-0.1, -0.05) is 30.7 Å². The third kappa shape index (κ3) is 2.82. The molecule has 0 saturated heterocycles. The summed E-state index contributed by atoms with van der Waals surface area (Å²) in [7, 11) is 0. The Morgan fingerprint density at radius 3 is 2.72 bits per heavy atom. The quantitative estimate of drug-likeness (QED) is 0.688. The van der Waals surface area contributed by atoms with E-state index in [0.29, 0.717) is 6.42 Å². The number of carbonyl (C=O) groups is 1. The molecule has 18 heavy (non-hydrogen) atoms. The molecule has 1 aromatic heterocycles. The Balaban J connectivity index is 2.32. The maximum Gasteiger partial charge on any atom is 0.172 e. The number of hydrogen-bond acceptors (Lipinski definition) is 2. The molecule has 0 saturated carbocycles. The molecule has 0 spiro atoms. The molecule has 0 bridgehead atoms. The van der Waals surface area contributed by atoms with Crippen molar-refractivity contribution in [2.24, 2.45) is 0 Å². The van der Waals surface area contributed by atoms with Crippen LogP contribution in [0.4, 0.5) is 0 Å². The van der Waals surface area contributed by atoms with Crippen molar-refractivity contribution in [2.75, 3.05) is 0 Å². The van der Waals surface area contributed by atoms with Gasteiger partial charge in [0.25, 0.3) is 0 Å². The summed E-state index contributed by atoms with van der Waals surface area (Å²) in [6.45, 7) is 4.03. The molecule has 0 N–H and O–H groups in total. The maximum absolute atomic E-state index is 11.8. The van der Waals surface area contributed by atoms with E-state index >= 15 is 0 Å². The van der Waals surface area contributed by atoms with E-state index in [4.69, 9.17) is 11.6 Å². The fraction of sp³-hybridized carbons (Fsp3) is 0.267. The molecule has 0 radical (unpaired) electrons. The van der Waals surface area contributed by atoms with Crippen molar-refractivity contribution in [3.05, 3.63) is 45.8 Å². The van der Waals surface area contributed by atoms with E-state index in [1.165, 1.54) is 11.3 Å². The van der Waals surface area contributed by atoms with Crippen LogP contribution in [0.25, 0.3) is 10.4 Å². The highest BCUT2D eigenvalue weighted by molar-refractivity contribution is 7.17. The summed E-state index contributed by atoms with van der Waals surface area (Å²) >= 11 is 7.76. The van der Waals surface area contributed by atoms with Crippen LogP contribution >= 0.6 is 22.9 Å². The molecule has 1 heterocycles. The van der Waals surface area contributed by atoms with Crippen LogP contribution in [0.5, 0.6) is 0 Å². The third-order valence-electron chi connectivity index (χ3n) is 2.75. The zero-order valence-corrected chi connectivity index (χ0v) is 12.1. The standard InChI is InChI=1S/C15H15ClOS/c1-3-4-13(17)15-8-7-14(18-15)11-6-5-10(2)9-12(11)16/h5-9H,3-4H2,1-2H3. The van der Waals surface area contributed by atoms with Crippen LogP contribution in [0.2, 0.25) is 5.02 Å². The molecule has 0 amide bonds. The summed E-state index contributed by atoms with van der Waals surface area (Å²) in [4.78, 5) is 13.7. The third-order valence-corrected chi connectivity index (χ3v) is 4.22. The monoisotopic (exact) mass is 278 g/mol. The second kappa shape index (κ2) is 5.68. The number of Topliss-reactive ketones (excluding diaryl/α,β-unsaturated/α-hetero) is 1. The lowest BCUT2D eigenvalue weighted by Crippen LogP contribution is -1.93. The van der Waals surface area contributed by atoms with Crippen LogP contribution in [0.3, 0.4) is 0 Å². The molecule has 2 rings (SSSR count). The predicted octanol–water partition coefficient (Wildman–Crippen LogP) is 5.36. The van der Waals surface area contributed by atoms with Gasteiger partial charge in [-0.2, -0.15) is 0 Å². The molecule has 0 atom stereocenters. The van der Waals surface area contributed by atoms with E-state index in [0.717, 1.165) is 32.3 Å². The molecule has 1 aromatic carbocycles. The normalized spacial score (nSPS) is 10.6. The minimum absolute atomic E-state index is 0.219. The molecule has 0 aliphatic rings. The van der Waals surface area contributed by atoms with Gasteiger partial charge in [0.05, 0.1) is 4.88 Å². The highest BCUT2D eigenvalue weighted by Crippen LogP contribution is 2.34. The fourth-order valence-corrected chi connectivity index (χ4v) is 3.21. The largest absolute Gasteiger partial charge is 0.293 e. The second-order valence-electron chi connectivity index (χ2n) is 4.32. The van der Waals surface area contributed by atoms with Gasteiger partial charge in [-0.05, 0) is 37.1 Å². The number of aryl methyl sites for hydroxylation is 1. The molecule has 0 aliphatic carbocycles. The van der Waals surface area contributed by atoms with Gasteiger partial charge < -0.3 is 0 Å². The average molecular weight is 279 g/mol. The molecule has 0 unspecified atom stereocenters. The Morgan fingerprint density at radius 1 is 1.28 bits per heavy atom. The minimum atomic E-state index is 0.219. The molecular weight excluding hydrogens is 264 g/mol. The minimum Gasteiger partial charge on any atom is -0.293 e. The smallest absolute Gasteiger partial charge is 0.172 e. The van der Waals surface area contributed by atoms with E-state index in [-0.39, 0.29) is 5.78 Å². The Bertz CT molecular complexity index is 572. The van der Waals surface area contributed by atoms with Gasteiger partial charge in [-0.3, -0.25) is 4.79 Å². The molecular formula is C15H15ClOS. The summed E-state index contributed by atoms with van der Waals surface area (Å²) in [5, 5.41) is 0.742. The SMILES string of the molecule is CCCC(=O)c1ccc(-c2ccc(C)cc2Cl)s1. The maximum atomic E-state index is 11.8. The van der Waals surface area contributed by atoms with Gasteiger partial charge >= 0.3 is 0 Å². The van der Waals surface area contributed by atoms with Crippen LogP contribution in [-0.4, -0.2) is 5.78 Å². The van der Waals surface area contributed by atoms with Crippen LogP contribution < -0.4 is 0 Å². The summed E-state index contributed by atoms with van der Waals surface area (Å²) < 4.78 is 0. The average Bonchev–Trinajstić information content (AvgIpc) is 2.78. The van der Waals surface area contributed by atoms with Gasteiger partial charge in [-0.25, -0.2) is 0 Å². The number of hydrogen-bond donors (Lipinski definition) is 0. The van der Waals surface area contributed by atoms with Crippen LogP contribution in [0.1, 0.15) is 35.0 Å². The zero-order valence-electron chi connectivity index (χ0n) is 10.5. The van der Waals surface area contributed by atoms with E-state index in [2.05, 4.69) is 0 Å². The topological polar surface area (TPSA) is 17.1 Å². The highest BCUT2D eigenvalue weighted by atomic mass is 35.5. The first-order valence-corrected chi connectivity index (χ1v) is 7.21. The second-order valence-corrected chi connectivity index (χ2v) is 5.81. The van der Waals surface area contributed by atoms with Crippen molar-refractivity contribution in [3.8, 4) is 10.4 Å². The van der Waals surface area contributed by atoms with Gasteiger partial charge in [0.1, 0.15) is 0 Å². The number of halogens is 1. The number of benzene rings is 1. The lowest BCUT2D eigenvalue weighted by molar-refractivity contribution is 0.0985. The Labute approximate surface area is 116 Å². The van der Waals surface area contributed by atoms with E-state index in [1.807, 2.05) is 44.2 Å². The first-order valence-electron chi connectivity index (χ1n) is 6.01. The Kier molecular flexibility index (Phi) is 4.20. The predicted molar refractivity (Wildman–Crippen MR) is 78.7 cm³/mol. The fourth-order valence-electron chi connectivity index (χ4n) is 1.80. The van der Waals surface area contributed by atoms with E-state index < -0.39 is 0 Å². The van der Waals surface area contributed by atoms with Gasteiger partial charge in [0, 0.05) is 21.9 Å². The lowest BCUT2D eigenvalue weighted by Gasteiger charge is -2.02. The highest BCUT2D eigenvalue weighted by Gasteiger charge is 2.11. The summed E-state index contributed by atoms with van der Waals surface area (Å²) in [5.74, 6) is 0.219. The number of thiophene rings is 1. The Hall–Kier alpha value is -1.12. The summed E-state index contributed by atoms with van der Waals surface area (Å²) in [6.07, 6.45) is 1.50. The van der Waals surface area contributed by atoms with E-state index in [1.54, 1.807) is 0 Å². The molecule has 3 heteroatoms. The van der Waals surface area contributed by atoms with Gasteiger partial charge in [0.2, 0.25) is 0 Å². The van der Waals surface area contributed by atoms with Crippen LogP contribution in [0, 0.1) is 6.92 Å². The van der Waals surface area contributed by atoms with Crippen molar-refractivity contribution < 1.29 is 4.79 Å². The first kappa shape index (κ1) is 13.3. The number of rotatable bonds is 4. The molecule has 0 aliphatic heterocycles. The molecule has 0 fully saturated rings. The molecule has 94 valence electrons. The van der Waals surface area contributed by atoms with Crippen molar-refractivity contribution in [1.82, 2.24) is 0 Å². The van der Waals surface area contributed by atoms with Crippen LogP contribution in [-0.2, 0) is 0 Å². The van der Waals surface area contributed by atoms with Crippen molar-refractivity contribution in [3.63, 3.8) is 0 Å². The van der Waals surface area contributed by atoms with Gasteiger partial charge in [0.15, 0.2) is 5.78 Å².